The molecule has 3 rings (SSSR count). The monoisotopic (exact) mass is 286 g/mol. The molecule has 2 fully saturated rings. The molecule has 1 aromatic rings. The molecule has 1 aliphatic heterocycles. The van der Waals surface area contributed by atoms with Crippen molar-refractivity contribution in [3.05, 3.63) is 35.9 Å². The topological polar surface area (TPSA) is 32.3 Å². The molecule has 21 heavy (non-hydrogen) atoms. The quantitative estimate of drug-likeness (QED) is 0.899. The number of amides is 1. The lowest BCUT2D eigenvalue weighted by Crippen LogP contribution is -2.52. The van der Waals surface area contributed by atoms with Crippen molar-refractivity contribution in [3.8, 4) is 0 Å². The van der Waals surface area contributed by atoms with Crippen LogP contribution in [0.5, 0.6) is 0 Å². The van der Waals surface area contributed by atoms with E-state index in [1.807, 2.05) is 30.3 Å². The maximum atomic E-state index is 13.0. The summed E-state index contributed by atoms with van der Waals surface area (Å²) in [4.78, 5) is 15.2. The van der Waals surface area contributed by atoms with Crippen LogP contribution >= 0.6 is 0 Å². The molecule has 3 nitrogen and oxygen atoms in total. The lowest BCUT2D eigenvalue weighted by atomic mass is 9.94. The van der Waals surface area contributed by atoms with E-state index in [4.69, 9.17) is 0 Å². The number of hydrogen-bond acceptors (Lipinski definition) is 2. The molecule has 2 unspecified atom stereocenters. The molecule has 0 aromatic heterocycles. The minimum Gasteiger partial charge on any atom is -0.320 e. The smallest absolute Gasteiger partial charge is 0.246 e. The normalized spacial score (nSPS) is 26.4. The van der Waals surface area contributed by atoms with Gasteiger partial charge in [0.25, 0.3) is 0 Å². The first-order valence-electron chi connectivity index (χ1n) is 8.20. The molecule has 1 N–H and O–H groups in total. The van der Waals surface area contributed by atoms with Crippen molar-refractivity contribution < 1.29 is 4.79 Å². The van der Waals surface area contributed by atoms with Crippen LogP contribution in [0.2, 0.25) is 0 Å². The van der Waals surface area contributed by atoms with Crippen molar-refractivity contribution in [1.82, 2.24) is 10.2 Å². The Hall–Kier alpha value is -1.35. The maximum absolute atomic E-state index is 13.0. The standard InChI is InChI=1S/C18H26N2O/c1-4-8-15-19-16(13-9-6-5-7-10-13)17(21)20(15)18(2,3)14-11-12-14/h5-7,9-10,14-16,19H,4,8,11-12H2,1-3H3. The molecule has 1 saturated carbocycles. The summed E-state index contributed by atoms with van der Waals surface area (Å²) >= 11 is 0. The Balaban J connectivity index is 1.89. The highest BCUT2D eigenvalue weighted by Crippen LogP contribution is 2.46. The van der Waals surface area contributed by atoms with E-state index >= 15 is 0 Å². The fourth-order valence-electron chi connectivity index (χ4n) is 3.67. The summed E-state index contributed by atoms with van der Waals surface area (Å²) in [6.07, 6.45) is 4.79. The molecule has 1 heterocycles. The molecule has 1 saturated heterocycles. The number of rotatable bonds is 5. The number of carbonyl (C=O) groups is 1. The Morgan fingerprint density at radius 1 is 1.24 bits per heavy atom. The predicted molar refractivity (Wildman–Crippen MR) is 84.7 cm³/mol. The summed E-state index contributed by atoms with van der Waals surface area (Å²) < 4.78 is 0. The van der Waals surface area contributed by atoms with Gasteiger partial charge in [0.15, 0.2) is 0 Å². The van der Waals surface area contributed by atoms with Gasteiger partial charge in [-0.3, -0.25) is 10.1 Å². The summed E-state index contributed by atoms with van der Waals surface area (Å²) in [5.41, 5.74) is 1.05. The number of carbonyl (C=O) groups excluding carboxylic acids is 1. The van der Waals surface area contributed by atoms with Crippen molar-refractivity contribution in [2.75, 3.05) is 0 Å². The van der Waals surface area contributed by atoms with Crippen LogP contribution in [0.3, 0.4) is 0 Å². The molecule has 0 radical (unpaired) electrons. The summed E-state index contributed by atoms with van der Waals surface area (Å²) in [5.74, 6) is 0.911. The maximum Gasteiger partial charge on any atom is 0.246 e. The Morgan fingerprint density at radius 2 is 1.90 bits per heavy atom. The van der Waals surface area contributed by atoms with E-state index in [9.17, 15) is 4.79 Å². The van der Waals surface area contributed by atoms with E-state index in [0.29, 0.717) is 5.92 Å². The molecule has 2 aliphatic rings. The van der Waals surface area contributed by atoms with Crippen LogP contribution in [0, 0.1) is 5.92 Å². The highest BCUT2D eigenvalue weighted by atomic mass is 16.2. The third-order valence-corrected chi connectivity index (χ3v) is 5.05. The average Bonchev–Trinajstić information content (AvgIpc) is 3.26. The fourth-order valence-corrected chi connectivity index (χ4v) is 3.67. The van der Waals surface area contributed by atoms with E-state index in [2.05, 4.69) is 31.0 Å². The van der Waals surface area contributed by atoms with Crippen LogP contribution in [0.25, 0.3) is 0 Å². The second kappa shape index (κ2) is 5.45. The lowest BCUT2D eigenvalue weighted by Gasteiger charge is -2.40. The zero-order valence-corrected chi connectivity index (χ0v) is 13.3. The first-order valence-corrected chi connectivity index (χ1v) is 8.20. The molecule has 1 amide bonds. The zero-order chi connectivity index (χ0) is 15.0. The Labute approximate surface area is 127 Å². The molecule has 3 heteroatoms. The molecular formula is C18H26N2O. The number of hydrogen-bond donors (Lipinski definition) is 1. The van der Waals surface area contributed by atoms with Crippen molar-refractivity contribution in [3.63, 3.8) is 0 Å². The van der Waals surface area contributed by atoms with Crippen LogP contribution < -0.4 is 5.32 Å². The number of benzene rings is 1. The van der Waals surface area contributed by atoms with Gasteiger partial charge in [0.2, 0.25) is 5.91 Å². The molecule has 2 atom stereocenters. The van der Waals surface area contributed by atoms with Gasteiger partial charge in [0.05, 0.1) is 6.17 Å². The van der Waals surface area contributed by atoms with Crippen molar-refractivity contribution in [2.45, 2.75) is 64.2 Å². The highest BCUT2D eigenvalue weighted by molar-refractivity contribution is 5.86. The van der Waals surface area contributed by atoms with Crippen molar-refractivity contribution >= 4 is 5.91 Å². The van der Waals surface area contributed by atoms with Gasteiger partial charge >= 0.3 is 0 Å². The summed E-state index contributed by atoms with van der Waals surface area (Å²) in [7, 11) is 0. The Bertz CT molecular complexity index is 507. The van der Waals surface area contributed by atoms with Gasteiger partial charge in [-0.1, -0.05) is 43.7 Å². The van der Waals surface area contributed by atoms with Gasteiger partial charge in [-0.15, -0.1) is 0 Å². The second-order valence-corrected chi connectivity index (χ2v) is 6.95. The van der Waals surface area contributed by atoms with E-state index in [0.717, 1.165) is 18.4 Å². The van der Waals surface area contributed by atoms with Crippen LogP contribution in [-0.2, 0) is 4.79 Å². The highest BCUT2D eigenvalue weighted by Gasteiger charge is 2.51. The van der Waals surface area contributed by atoms with Gasteiger partial charge < -0.3 is 4.90 Å². The summed E-state index contributed by atoms with van der Waals surface area (Å²) in [6, 6.07) is 9.93. The number of nitrogens with one attached hydrogen (secondary N) is 1. The molecular weight excluding hydrogens is 260 g/mol. The van der Waals surface area contributed by atoms with E-state index in [-0.39, 0.29) is 23.7 Å². The van der Waals surface area contributed by atoms with Gasteiger partial charge in [-0.05, 0) is 44.6 Å². The second-order valence-electron chi connectivity index (χ2n) is 6.95. The SMILES string of the molecule is CCCC1NC(c2ccccc2)C(=O)N1C(C)(C)C1CC1. The first-order chi connectivity index (χ1) is 10.1. The van der Waals surface area contributed by atoms with Gasteiger partial charge in [-0.25, -0.2) is 0 Å². The van der Waals surface area contributed by atoms with Gasteiger partial charge in [-0.2, -0.15) is 0 Å². The Kier molecular flexibility index (Phi) is 3.78. The van der Waals surface area contributed by atoms with E-state index in [1.165, 1.54) is 12.8 Å². The lowest BCUT2D eigenvalue weighted by molar-refractivity contribution is -0.136. The fraction of sp³-hybridized carbons (Fsp3) is 0.611. The average molecular weight is 286 g/mol. The van der Waals surface area contributed by atoms with Crippen LogP contribution in [0.1, 0.15) is 58.1 Å². The summed E-state index contributed by atoms with van der Waals surface area (Å²) in [6.45, 7) is 6.66. The minimum absolute atomic E-state index is 0.0343. The van der Waals surface area contributed by atoms with Gasteiger partial charge in [0.1, 0.15) is 6.04 Å². The molecule has 114 valence electrons. The van der Waals surface area contributed by atoms with Crippen LogP contribution in [0.4, 0.5) is 0 Å². The van der Waals surface area contributed by atoms with E-state index in [1.54, 1.807) is 0 Å². The summed E-state index contributed by atoms with van der Waals surface area (Å²) in [5, 5.41) is 3.57. The predicted octanol–water partition coefficient (Wildman–Crippen LogP) is 3.47. The minimum atomic E-state index is -0.180. The van der Waals surface area contributed by atoms with E-state index < -0.39 is 0 Å². The molecule has 1 aliphatic carbocycles. The van der Waals surface area contributed by atoms with Crippen LogP contribution in [0.15, 0.2) is 30.3 Å². The Morgan fingerprint density at radius 3 is 2.48 bits per heavy atom. The van der Waals surface area contributed by atoms with Crippen LogP contribution in [-0.4, -0.2) is 22.5 Å². The van der Waals surface area contributed by atoms with Gasteiger partial charge in [0, 0.05) is 5.54 Å². The zero-order valence-electron chi connectivity index (χ0n) is 13.3. The molecule has 0 bridgehead atoms. The largest absolute Gasteiger partial charge is 0.320 e. The van der Waals surface area contributed by atoms with Crippen molar-refractivity contribution in [1.29, 1.82) is 0 Å². The third-order valence-electron chi connectivity index (χ3n) is 5.05. The third kappa shape index (κ3) is 2.59. The van der Waals surface area contributed by atoms with Crippen molar-refractivity contribution in [2.24, 2.45) is 5.92 Å². The number of nitrogens with zero attached hydrogens (tertiary/aromatic N) is 1. The molecule has 0 spiro atoms. The first kappa shape index (κ1) is 14.6. The molecule has 1 aromatic carbocycles.